The molecule has 1 N–H and O–H groups in total. The molecule has 0 aliphatic heterocycles. The Morgan fingerprint density at radius 3 is 2.23 bits per heavy atom. The Morgan fingerprint density at radius 2 is 1.53 bits per heavy atom. The van der Waals surface area contributed by atoms with Crippen LogP contribution in [0.15, 0.2) is 72.8 Å². The number of nitrogens with zero attached hydrogens (tertiary/aromatic N) is 2. The maximum atomic E-state index is 13.2. The maximum absolute atomic E-state index is 13.2. The summed E-state index contributed by atoms with van der Waals surface area (Å²) in [5, 5.41) is 3.90. The van der Waals surface area contributed by atoms with Crippen molar-refractivity contribution in [2.24, 2.45) is 0 Å². The monoisotopic (exact) mass is 401 g/mol. The molecular weight excluding hydrogens is 385 g/mol. The van der Waals surface area contributed by atoms with E-state index in [-0.39, 0.29) is 5.82 Å². The second-order valence-corrected chi connectivity index (χ2v) is 6.44. The minimum atomic E-state index is -0.429. The van der Waals surface area contributed by atoms with Crippen LogP contribution in [0.5, 0.6) is 0 Å². The van der Waals surface area contributed by atoms with Gasteiger partial charge in [-0.15, -0.1) is 0 Å². The zero-order chi connectivity index (χ0) is 21.1. The number of halogens is 1. The number of hydrogen-bond acceptors (Lipinski definition) is 6. The number of para-hydroxylation sites is 1. The number of benzene rings is 3. The Balaban J connectivity index is 1.72. The van der Waals surface area contributed by atoms with Crippen LogP contribution >= 0.6 is 0 Å². The molecule has 0 atom stereocenters. The van der Waals surface area contributed by atoms with Crippen molar-refractivity contribution in [3.05, 3.63) is 95.6 Å². The summed E-state index contributed by atoms with van der Waals surface area (Å²) in [6.45, 7) is 0. The Kier molecular flexibility index (Phi) is 5.17. The third-order valence-corrected chi connectivity index (χ3v) is 4.48. The molecule has 0 spiro atoms. The Labute approximate surface area is 171 Å². The summed E-state index contributed by atoms with van der Waals surface area (Å²) in [6, 6.07) is 19.2. The molecule has 0 aliphatic carbocycles. The molecule has 0 saturated carbocycles. The van der Waals surface area contributed by atoms with Crippen LogP contribution < -0.4 is 5.32 Å². The highest BCUT2D eigenvalue weighted by atomic mass is 19.1. The van der Waals surface area contributed by atoms with E-state index >= 15 is 0 Å². The molecule has 4 aromatic rings. The molecule has 148 valence electrons. The van der Waals surface area contributed by atoms with Crippen LogP contribution in [0.25, 0.3) is 10.9 Å². The number of nitrogens with one attached hydrogen (secondary N) is 1. The van der Waals surface area contributed by atoms with Gasteiger partial charge in [-0.2, -0.15) is 0 Å². The molecule has 30 heavy (non-hydrogen) atoms. The average molecular weight is 401 g/mol. The first kappa shape index (κ1) is 19.2. The van der Waals surface area contributed by atoms with E-state index in [1.54, 1.807) is 30.3 Å². The fourth-order valence-corrected chi connectivity index (χ4v) is 2.95. The van der Waals surface area contributed by atoms with Crippen LogP contribution in [-0.4, -0.2) is 28.8 Å². The van der Waals surface area contributed by atoms with Gasteiger partial charge >= 0.3 is 5.97 Å². The zero-order valence-corrected chi connectivity index (χ0v) is 15.9. The molecular formula is C23H16FN3O3. The molecule has 1 heterocycles. The molecule has 0 bridgehead atoms. The van der Waals surface area contributed by atoms with Gasteiger partial charge in [-0.25, -0.2) is 19.2 Å². The van der Waals surface area contributed by atoms with E-state index in [1.807, 2.05) is 18.2 Å². The molecule has 0 unspecified atom stereocenters. The smallest absolute Gasteiger partial charge is 0.337 e. The maximum Gasteiger partial charge on any atom is 0.337 e. The summed E-state index contributed by atoms with van der Waals surface area (Å²) >= 11 is 0. The highest BCUT2D eigenvalue weighted by Crippen LogP contribution is 2.25. The van der Waals surface area contributed by atoms with E-state index in [2.05, 4.69) is 15.3 Å². The summed E-state index contributed by atoms with van der Waals surface area (Å²) in [4.78, 5) is 33.2. The topological polar surface area (TPSA) is 81.2 Å². The summed E-state index contributed by atoms with van der Waals surface area (Å²) in [6.07, 6.45) is 0. The van der Waals surface area contributed by atoms with Crippen molar-refractivity contribution in [3.63, 3.8) is 0 Å². The van der Waals surface area contributed by atoms with E-state index in [9.17, 15) is 14.0 Å². The van der Waals surface area contributed by atoms with Crippen LogP contribution in [0.2, 0.25) is 0 Å². The lowest BCUT2D eigenvalue weighted by Crippen LogP contribution is -2.09. The standard InChI is InChI=1S/C23H16FN3O3/c1-30-23(29)15-8-12-17(13-9-15)25-21-18-4-2-3-5-19(18)26-22(27-21)20(28)14-6-10-16(24)11-7-14/h2-13H,1H3,(H,25,26,27). The summed E-state index contributed by atoms with van der Waals surface area (Å²) < 4.78 is 17.9. The quantitative estimate of drug-likeness (QED) is 0.391. The van der Waals surface area contributed by atoms with Crippen molar-refractivity contribution in [2.45, 2.75) is 0 Å². The lowest BCUT2D eigenvalue weighted by Gasteiger charge is -2.11. The largest absolute Gasteiger partial charge is 0.465 e. The number of hydrogen-bond donors (Lipinski definition) is 1. The average Bonchev–Trinajstić information content (AvgIpc) is 2.79. The van der Waals surface area contributed by atoms with Gasteiger partial charge < -0.3 is 10.1 Å². The third-order valence-electron chi connectivity index (χ3n) is 4.48. The minimum absolute atomic E-state index is 0.00557. The van der Waals surface area contributed by atoms with Gasteiger partial charge in [0.2, 0.25) is 11.6 Å². The Hall–Kier alpha value is -4.13. The van der Waals surface area contributed by atoms with Crippen LogP contribution in [-0.2, 0) is 4.74 Å². The first-order valence-electron chi connectivity index (χ1n) is 9.07. The Morgan fingerprint density at radius 1 is 0.867 bits per heavy atom. The van der Waals surface area contributed by atoms with Crippen molar-refractivity contribution in [3.8, 4) is 0 Å². The number of rotatable bonds is 5. The number of carbonyl (C=O) groups excluding carboxylic acids is 2. The van der Waals surface area contributed by atoms with Gasteiger partial charge in [0.15, 0.2) is 0 Å². The summed E-state index contributed by atoms with van der Waals surface area (Å²) in [5.41, 5.74) is 1.97. The molecule has 7 heteroatoms. The number of ether oxygens (including phenoxy) is 1. The first-order valence-corrected chi connectivity index (χ1v) is 9.07. The lowest BCUT2D eigenvalue weighted by atomic mass is 10.1. The number of anilines is 2. The van der Waals surface area contributed by atoms with Gasteiger partial charge in [-0.05, 0) is 60.7 Å². The molecule has 0 saturated heterocycles. The van der Waals surface area contributed by atoms with Crippen LogP contribution in [0, 0.1) is 5.82 Å². The van der Waals surface area contributed by atoms with E-state index in [1.165, 1.54) is 31.4 Å². The third kappa shape index (κ3) is 3.86. The van der Waals surface area contributed by atoms with Crippen LogP contribution in [0.4, 0.5) is 15.9 Å². The van der Waals surface area contributed by atoms with Crippen LogP contribution in [0.3, 0.4) is 0 Å². The van der Waals surface area contributed by atoms with E-state index in [0.717, 1.165) is 5.39 Å². The second-order valence-electron chi connectivity index (χ2n) is 6.44. The molecule has 4 rings (SSSR count). The van der Waals surface area contributed by atoms with Crippen LogP contribution in [0.1, 0.15) is 26.5 Å². The SMILES string of the molecule is COC(=O)c1ccc(Nc2nc(C(=O)c3ccc(F)cc3)nc3ccccc23)cc1. The normalized spacial score (nSPS) is 10.6. The summed E-state index contributed by atoms with van der Waals surface area (Å²) in [5.74, 6) is -0.833. The van der Waals surface area contributed by atoms with E-state index in [4.69, 9.17) is 4.74 Å². The Bertz CT molecular complexity index is 1240. The van der Waals surface area contributed by atoms with Gasteiger partial charge in [0, 0.05) is 16.6 Å². The fourth-order valence-electron chi connectivity index (χ4n) is 2.95. The van der Waals surface area contributed by atoms with Gasteiger partial charge in [-0.3, -0.25) is 4.79 Å². The highest BCUT2D eigenvalue weighted by Gasteiger charge is 2.16. The fraction of sp³-hybridized carbons (Fsp3) is 0.0435. The second kappa shape index (κ2) is 8.08. The van der Waals surface area contributed by atoms with Gasteiger partial charge in [0.05, 0.1) is 18.2 Å². The van der Waals surface area contributed by atoms with Gasteiger partial charge in [0.1, 0.15) is 11.6 Å². The van der Waals surface area contributed by atoms with Crippen molar-refractivity contribution < 1.29 is 18.7 Å². The number of ketones is 1. The van der Waals surface area contributed by atoms with Gasteiger partial charge in [-0.1, -0.05) is 12.1 Å². The van der Waals surface area contributed by atoms with Gasteiger partial charge in [0.25, 0.3) is 0 Å². The number of carbonyl (C=O) groups is 2. The zero-order valence-electron chi connectivity index (χ0n) is 15.9. The molecule has 1 aromatic heterocycles. The molecule has 0 amide bonds. The number of methoxy groups -OCH3 is 1. The predicted octanol–water partition coefficient (Wildman–Crippen LogP) is 4.53. The molecule has 6 nitrogen and oxygen atoms in total. The van der Waals surface area contributed by atoms with Crippen molar-refractivity contribution >= 4 is 34.2 Å². The predicted molar refractivity (Wildman–Crippen MR) is 110 cm³/mol. The molecule has 0 fully saturated rings. The number of aromatic nitrogens is 2. The summed E-state index contributed by atoms with van der Waals surface area (Å²) in [7, 11) is 1.32. The lowest BCUT2D eigenvalue weighted by molar-refractivity contribution is 0.0600. The van der Waals surface area contributed by atoms with Crippen molar-refractivity contribution in [1.29, 1.82) is 0 Å². The molecule has 0 aliphatic rings. The molecule has 0 radical (unpaired) electrons. The minimum Gasteiger partial charge on any atom is -0.465 e. The van der Waals surface area contributed by atoms with Crippen molar-refractivity contribution in [1.82, 2.24) is 9.97 Å². The van der Waals surface area contributed by atoms with E-state index in [0.29, 0.717) is 28.1 Å². The van der Waals surface area contributed by atoms with Crippen molar-refractivity contribution in [2.75, 3.05) is 12.4 Å². The van der Waals surface area contributed by atoms with E-state index < -0.39 is 17.6 Å². The first-order chi connectivity index (χ1) is 14.5. The highest BCUT2D eigenvalue weighted by molar-refractivity contribution is 6.08. The number of fused-ring (bicyclic) bond motifs is 1. The molecule has 3 aromatic carbocycles. The number of esters is 1.